The largest absolute Gasteiger partial charge is 0.328 e. The number of rotatable bonds is 4. The molecule has 17 heavy (non-hydrogen) atoms. The number of aryl methyl sites for hydroxylation is 2. The third kappa shape index (κ3) is 2.75. The summed E-state index contributed by atoms with van der Waals surface area (Å²) in [7, 11) is 0. The molecule has 0 saturated carbocycles. The molecule has 0 aromatic carbocycles. The molecular formula is C11H12BrCl2N3. The quantitative estimate of drug-likeness (QED) is 0.475. The first-order valence-corrected chi connectivity index (χ1v) is 7.26. The van der Waals surface area contributed by atoms with E-state index in [1.54, 1.807) is 0 Å². The van der Waals surface area contributed by atoms with Crippen LogP contribution in [0, 0.1) is 6.92 Å². The van der Waals surface area contributed by atoms with Crippen LogP contribution in [0.25, 0.3) is 11.0 Å². The maximum Gasteiger partial charge on any atom is 0.158 e. The molecule has 0 amide bonds. The lowest BCUT2D eigenvalue weighted by atomic mass is 10.3. The first-order chi connectivity index (χ1) is 8.13. The monoisotopic (exact) mass is 335 g/mol. The Balaban J connectivity index is 2.43. The molecule has 0 spiro atoms. The van der Waals surface area contributed by atoms with E-state index in [0.717, 1.165) is 41.6 Å². The summed E-state index contributed by atoms with van der Waals surface area (Å²) in [5.74, 6) is 0.945. The van der Waals surface area contributed by atoms with Crippen LogP contribution in [0.2, 0.25) is 10.3 Å². The maximum atomic E-state index is 6.03. The zero-order valence-electron chi connectivity index (χ0n) is 9.38. The second kappa shape index (κ2) is 5.55. The summed E-state index contributed by atoms with van der Waals surface area (Å²) in [4.78, 5) is 8.43. The van der Waals surface area contributed by atoms with Crippen LogP contribution >= 0.6 is 39.1 Å². The standard InChI is InChI=1S/C11H12BrCl2N3/c1-7-15-10-8(6-9(13)16-11(10)14)17(7)5-3-2-4-12/h6H,2-5H2,1H3. The number of alkyl halides is 1. The van der Waals surface area contributed by atoms with Crippen LogP contribution in [0.1, 0.15) is 18.7 Å². The molecule has 0 aliphatic heterocycles. The van der Waals surface area contributed by atoms with Gasteiger partial charge in [0.15, 0.2) is 5.15 Å². The van der Waals surface area contributed by atoms with E-state index in [2.05, 4.69) is 30.5 Å². The van der Waals surface area contributed by atoms with Gasteiger partial charge in [0, 0.05) is 17.9 Å². The van der Waals surface area contributed by atoms with Crippen LogP contribution in [-0.2, 0) is 6.54 Å². The van der Waals surface area contributed by atoms with Crippen molar-refractivity contribution >= 4 is 50.2 Å². The average Bonchev–Trinajstić information content (AvgIpc) is 2.57. The smallest absolute Gasteiger partial charge is 0.158 e. The van der Waals surface area contributed by atoms with E-state index in [-0.39, 0.29) is 0 Å². The second-order valence-corrected chi connectivity index (χ2v) is 5.35. The van der Waals surface area contributed by atoms with Gasteiger partial charge in [0.2, 0.25) is 0 Å². The normalized spacial score (nSPS) is 11.3. The predicted molar refractivity (Wildman–Crippen MR) is 75.3 cm³/mol. The maximum absolute atomic E-state index is 6.03. The van der Waals surface area contributed by atoms with E-state index in [1.807, 2.05) is 13.0 Å². The van der Waals surface area contributed by atoms with Gasteiger partial charge in [0.05, 0.1) is 5.52 Å². The Hall–Kier alpha value is -0.320. The van der Waals surface area contributed by atoms with Gasteiger partial charge >= 0.3 is 0 Å². The lowest BCUT2D eigenvalue weighted by Gasteiger charge is -2.06. The van der Waals surface area contributed by atoms with E-state index in [1.165, 1.54) is 0 Å². The molecule has 0 bridgehead atoms. The Morgan fingerprint density at radius 3 is 2.76 bits per heavy atom. The minimum Gasteiger partial charge on any atom is -0.328 e. The lowest BCUT2D eigenvalue weighted by Crippen LogP contribution is -2.00. The fraction of sp³-hybridized carbons (Fsp3) is 0.455. The summed E-state index contributed by atoms with van der Waals surface area (Å²) in [6.07, 6.45) is 2.22. The Morgan fingerprint density at radius 1 is 1.29 bits per heavy atom. The van der Waals surface area contributed by atoms with Crippen molar-refractivity contribution in [2.45, 2.75) is 26.3 Å². The van der Waals surface area contributed by atoms with Crippen LogP contribution in [0.5, 0.6) is 0 Å². The van der Waals surface area contributed by atoms with Crippen LogP contribution in [0.4, 0.5) is 0 Å². The van der Waals surface area contributed by atoms with E-state index in [9.17, 15) is 0 Å². The van der Waals surface area contributed by atoms with E-state index < -0.39 is 0 Å². The number of halogens is 3. The van der Waals surface area contributed by atoms with Gasteiger partial charge in [0.1, 0.15) is 16.5 Å². The number of aromatic nitrogens is 3. The molecular weight excluding hydrogens is 325 g/mol. The van der Waals surface area contributed by atoms with Crippen molar-refractivity contribution in [2.75, 3.05) is 5.33 Å². The molecule has 0 atom stereocenters. The summed E-state index contributed by atoms with van der Waals surface area (Å²) in [6, 6.07) is 1.82. The van der Waals surface area contributed by atoms with Crippen molar-refractivity contribution in [2.24, 2.45) is 0 Å². The number of nitrogens with zero attached hydrogens (tertiary/aromatic N) is 3. The highest BCUT2D eigenvalue weighted by Crippen LogP contribution is 2.25. The SMILES string of the molecule is Cc1nc2c(Cl)nc(Cl)cc2n1CCCCBr. The number of fused-ring (bicyclic) bond motifs is 1. The second-order valence-electron chi connectivity index (χ2n) is 3.81. The van der Waals surface area contributed by atoms with Crippen molar-refractivity contribution in [3.8, 4) is 0 Å². The van der Waals surface area contributed by atoms with Crippen LogP contribution in [0.15, 0.2) is 6.07 Å². The zero-order chi connectivity index (χ0) is 12.4. The first kappa shape index (κ1) is 13.1. The molecule has 2 aromatic rings. The minimum absolute atomic E-state index is 0.370. The Bertz CT molecular complexity index is 539. The molecule has 2 heterocycles. The van der Waals surface area contributed by atoms with Crippen LogP contribution < -0.4 is 0 Å². The molecule has 0 unspecified atom stereocenters. The Morgan fingerprint density at radius 2 is 2.06 bits per heavy atom. The number of unbranched alkanes of at least 4 members (excludes halogenated alkanes) is 1. The van der Waals surface area contributed by atoms with Gasteiger partial charge in [-0.2, -0.15) is 0 Å². The molecule has 0 saturated heterocycles. The van der Waals surface area contributed by atoms with E-state index in [4.69, 9.17) is 23.2 Å². The van der Waals surface area contributed by atoms with E-state index in [0.29, 0.717) is 10.3 Å². The number of imidazole rings is 1. The lowest BCUT2D eigenvalue weighted by molar-refractivity contribution is 0.635. The van der Waals surface area contributed by atoms with Crippen molar-refractivity contribution < 1.29 is 0 Å². The van der Waals surface area contributed by atoms with E-state index >= 15 is 0 Å². The van der Waals surface area contributed by atoms with Gasteiger partial charge in [0.25, 0.3) is 0 Å². The topological polar surface area (TPSA) is 30.7 Å². The van der Waals surface area contributed by atoms with Gasteiger partial charge in [-0.1, -0.05) is 39.1 Å². The third-order valence-corrected chi connectivity index (χ3v) is 3.64. The molecule has 0 radical (unpaired) electrons. The molecule has 0 aliphatic rings. The van der Waals surface area contributed by atoms with Gasteiger partial charge in [-0.25, -0.2) is 9.97 Å². The Kier molecular flexibility index (Phi) is 4.28. The zero-order valence-corrected chi connectivity index (χ0v) is 12.5. The minimum atomic E-state index is 0.370. The average molecular weight is 337 g/mol. The molecule has 0 fully saturated rings. The highest BCUT2D eigenvalue weighted by atomic mass is 79.9. The summed E-state index contributed by atoms with van der Waals surface area (Å²) < 4.78 is 2.14. The molecule has 0 aliphatic carbocycles. The Labute approximate surface area is 118 Å². The molecule has 2 rings (SSSR count). The highest BCUT2D eigenvalue weighted by molar-refractivity contribution is 9.09. The molecule has 3 nitrogen and oxygen atoms in total. The fourth-order valence-corrected chi connectivity index (χ4v) is 2.68. The van der Waals surface area contributed by atoms with Crippen molar-refractivity contribution in [3.05, 3.63) is 22.2 Å². The van der Waals surface area contributed by atoms with Crippen molar-refractivity contribution in [3.63, 3.8) is 0 Å². The molecule has 0 N–H and O–H groups in total. The van der Waals surface area contributed by atoms with Gasteiger partial charge in [-0.15, -0.1) is 0 Å². The van der Waals surface area contributed by atoms with Crippen LogP contribution in [-0.4, -0.2) is 19.9 Å². The third-order valence-electron chi connectivity index (χ3n) is 2.62. The van der Waals surface area contributed by atoms with Crippen molar-refractivity contribution in [1.82, 2.24) is 14.5 Å². The van der Waals surface area contributed by atoms with Gasteiger partial charge in [-0.3, -0.25) is 0 Å². The summed E-state index contributed by atoms with van der Waals surface area (Å²) in [5.41, 5.74) is 1.69. The summed E-state index contributed by atoms with van der Waals surface area (Å²) in [6.45, 7) is 2.89. The molecule has 6 heteroatoms. The highest BCUT2D eigenvalue weighted by Gasteiger charge is 2.12. The van der Waals surface area contributed by atoms with Gasteiger partial charge in [-0.05, 0) is 19.8 Å². The predicted octanol–water partition coefficient (Wildman–Crippen LogP) is 4.22. The number of hydrogen-bond donors (Lipinski definition) is 0. The summed E-state index contributed by atoms with van der Waals surface area (Å²) in [5, 5.41) is 1.79. The molecule has 92 valence electrons. The summed E-state index contributed by atoms with van der Waals surface area (Å²) >= 11 is 15.4. The fourth-order valence-electron chi connectivity index (χ4n) is 1.82. The van der Waals surface area contributed by atoms with Crippen molar-refractivity contribution in [1.29, 1.82) is 0 Å². The number of pyridine rings is 1. The molecule has 2 aromatic heterocycles. The van der Waals surface area contributed by atoms with Crippen LogP contribution in [0.3, 0.4) is 0 Å². The van der Waals surface area contributed by atoms with Gasteiger partial charge < -0.3 is 4.57 Å². The first-order valence-electron chi connectivity index (χ1n) is 5.38. The number of hydrogen-bond acceptors (Lipinski definition) is 2.